The van der Waals surface area contributed by atoms with E-state index in [9.17, 15) is 0 Å². The zero-order chi connectivity index (χ0) is 8.55. The van der Waals surface area contributed by atoms with Crippen molar-refractivity contribution < 1.29 is 0 Å². The summed E-state index contributed by atoms with van der Waals surface area (Å²) < 4.78 is 0. The number of aromatic amines is 1. The van der Waals surface area contributed by atoms with Crippen LogP contribution in [-0.2, 0) is 0 Å². The highest BCUT2D eigenvalue weighted by atomic mass is 15.2. The molecule has 1 aromatic rings. The molecule has 2 atom stereocenters. The van der Waals surface area contributed by atoms with Crippen molar-refractivity contribution in [3.05, 3.63) is 11.8 Å². The third-order valence-corrected chi connectivity index (χ3v) is 2.59. The van der Waals surface area contributed by atoms with Gasteiger partial charge in [0, 0.05) is 23.7 Å². The van der Waals surface area contributed by atoms with Crippen molar-refractivity contribution >= 4 is 5.82 Å². The fraction of sp³-hybridized carbons (Fsp3) is 0.625. The molecule has 1 heterocycles. The standard InChI is InChI=1S/C8H14N4/c9-6-3-1-2-5(6)7-4-8(10)12-11-7/h4-6H,1-3,9H2,(H3,10,11,12). The van der Waals surface area contributed by atoms with Crippen LogP contribution in [0.3, 0.4) is 0 Å². The molecule has 1 saturated carbocycles. The maximum atomic E-state index is 5.93. The summed E-state index contributed by atoms with van der Waals surface area (Å²) in [6.45, 7) is 0. The van der Waals surface area contributed by atoms with Crippen LogP contribution in [0.1, 0.15) is 30.9 Å². The lowest BCUT2D eigenvalue weighted by atomic mass is 10.0. The number of nitrogens with one attached hydrogen (secondary N) is 1. The first-order chi connectivity index (χ1) is 5.77. The van der Waals surface area contributed by atoms with E-state index in [1.54, 1.807) is 0 Å². The summed E-state index contributed by atoms with van der Waals surface area (Å²) in [5.74, 6) is 0.999. The van der Waals surface area contributed by atoms with Gasteiger partial charge in [-0.2, -0.15) is 5.10 Å². The summed E-state index contributed by atoms with van der Waals surface area (Å²) in [5, 5.41) is 6.82. The van der Waals surface area contributed by atoms with E-state index in [0.29, 0.717) is 11.7 Å². The van der Waals surface area contributed by atoms with Crippen LogP contribution >= 0.6 is 0 Å². The summed E-state index contributed by atoms with van der Waals surface area (Å²) in [5.41, 5.74) is 12.5. The molecule has 2 rings (SSSR count). The summed E-state index contributed by atoms with van der Waals surface area (Å²) in [6.07, 6.45) is 3.48. The van der Waals surface area contributed by atoms with Crippen molar-refractivity contribution in [3.8, 4) is 0 Å². The van der Waals surface area contributed by atoms with Gasteiger partial charge in [-0.3, -0.25) is 5.10 Å². The Kier molecular flexibility index (Phi) is 1.77. The van der Waals surface area contributed by atoms with E-state index in [2.05, 4.69) is 10.2 Å². The van der Waals surface area contributed by atoms with Gasteiger partial charge in [-0.15, -0.1) is 0 Å². The van der Waals surface area contributed by atoms with Gasteiger partial charge in [-0.05, 0) is 12.8 Å². The number of anilines is 1. The second kappa shape index (κ2) is 2.79. The monoisotopic (exact) mass is 166 g/mol. The third-order valence-electron chi connectivity index (χ3n) is 2.59. The zero-order valence-electron chi connectivity index (χ0n) is 6.96. The maximum absolute atomic E-state index is 5.93. The molecule has 0 radical (unpaired) electrons. The number of nitrogens with two attached hydrogens (primary N) is 2. The van der Waals surface area contributed by atoms with Crippen LogP contribution in [0.15, 0.2) is 6.07 Å². The van der Waals surface area contributed by atoms with Gasteiger partial charge in [0.2, 0.25) is 0 Å². The molecule has 1 aromatic heterocycles. The van der Waals surface area contributed by atoms with Gasteiger partial charge < -0.3 is 11.5 Å². The highest BCUT2D eigenvalue weighted by Gasteiger charge is 2.26. The fourth-order valence-corrected chi connectivity index (χ4v) is 1.92. The number of nitrogen functional groups attached to an aromatic ring is 1. The molecule has 0 aliphatic heterocycles. The minimum atomic E-state index is 0.282. The van der Waals surface area contributed by atoms with Gasteiger partial charge >= 0.3 is 0 Å². The predicted molar refractivity (Wildman–Crippen MR) is 47.6 cm³/mol. The summed E-state index contributed by atoms with van der Waals surface area (Å²) in [7, 11) is 0. The van der Waals surface area contributed by atoms with Crippen molar-refractivity contribution in [2.24, 2.45) is 5.73 Å². The Balaban J connectivity index is 2.19. The SMILES string of the molecule is Nc1cc(C2CCCC2N)[nH]n1. The topological polar surface area (TPSA) is 80.7 Å². The van der Waals surface area contributed by atoms with Crippen molar-refractivity contribution in [2.45, 2.75) is 31.2 Å². The number of nitrogens with zero attached hydrogens (tertiary/aromatic N) is 1. The average molecular weight is 166 g/mol. The van der Waals surface area contributed by atoms with Gasteiger partial charge in [-0.25, -0.2) is 0 Å². The lowest BCUT2D eigenvalue weighted by Crippen LogP contribution is -2.22. The van der Waals surface area contributed by atoms with E-state index in [1.807, 2.05) is 6.07 Å². The second-order valence-electron chi connectivity index (χ2n) is 3.45. The number of hydrogen-bond donors (Lipinski definition) is 3. The molecule has 0 bridgehead atoms. The lowest BCUT2D eigenvalue weighted by molar-refractivity contribution is 0.596. The lowest BCUT2D eigenvalue weighted by Gasteiger charge is -2.11. The Morgan fingerprint density at radius 2 is 2.33 bits per heavy atom. The molecule has 0 spiro atoms. The largest absolute Gasteiger partial charge is 0.382 e. The van der Waals surface area contributed by atoms with E-state index in [0.717, 1.165) is 18.5 Å². The van der Waals surface area contributed by atoms with Crippen LogP contribution < -0.4 is 11.5 Å². The van der Waals surface area contributed by atoms with E-state index >= 15 is 0 Å². The van der Waals surface area contributed by atoms with Gasteiger partial charge in [0.15, 0.2) is 0 Å². The molecule has 0 saturated heterocycles. The number of H-pyrrole nitrogens is 1. The van der Waals surface area contributed by atoms with Crippen LogP contribution in [0.25, 0.3) is 0 Å². The first kappa shape index (κ1) is 7.61. The van der Waals surface area contributed by atoms with Gasteiger partial charge in [0.05, 0.1) is 0 Å². The summed E-state index contributed by atoms with van der Waals surface area (Å²) in [6, 6.07) is 2.17. The van der Waals surface area contributed by atoms with Crippen molar-refractivity contribution in [2.75, 3.05) is 5.73 Å². The van der Waals surface area contributed by atoms with Crippen molar-refractivity contribution in [1.82, 2.24) is 10.2 Å². The number of aromatic nitrogens is 2. The first-order valence-corrected chi connectivity index (χ1v) is 4.34. The molecule has 1 aliphatic rings. The minimum absolute atomic E-state index is 0.282. The quantitative estimate of drug-likeness (QED) is 0.571. The highest BCUT2D eigenvalue weighted by Crippen LogP contribution is 2.32. The molecule has 1 fully saturated rings. The molecule has 4 heteroatoms. The van der Waals surface area contributed by atoms with E-state index in [1.165, 1.54) is 6.42 Å². The Morgan fingerprint density at radius 3 is 2.83 bits per heavy atom. The molecule has 4 nitrogen and oxygen atoms in total. The maximum Gasteiger partial charge on any atom is 0.145 e. The molecular weight excluding hydrogens is 152 g/mol. The molecule has 1 aliphatic carbocycles. The molecule has 2 unspecified atom stereocenters. The minimum Gasteiger partial charge on any atom is -0.382 e. The number of hydrogen-bond acceptors (Lipinski definition) is 3. The fourth-order valence-electron chi connectivity index (χ4n) is 1.92. The van der Waals surface area contributed by atoms with E-state index in [-0.39, 0.29) is 6.04 Å². The summed E-state index contributed by atoms with van der Waals surface area (Å²) in [4.78, 5) is 0. The zero-order valence-corrected chi connectivity index (χ0v) is 6.96. The molecular formula is C8H14N4. The molecule has 0 aromatic carbocycles. The van der Waals surface area contributed by atoms with Crippen LogP contribution in [-0.4, -0.2) is 16.2 Å². The molecule has 66 valence electrons. The van der Waals surface area contributed by atoms with Crippen LogP contribution in [0.2, 0.25) is 0 Å². The van der Waals surface area contributed by atoms with Crippen molar-refractivity contribution in [1.29, 1.82) is 0 Å². The van der Waals surface area contributed by atoms with E-state index in [4.69, 9.17) is 11.5 Å². The van der Waals surface area contributed by atoms with Gasteiger partial charge in [0.1, 0.15) is 5.82 Å². The Labute approximate surface area is 71.3 Å². The average Bonchev–Trinajstić information content (AvgIpc) is 2.58. The number of rotatable bonds is 1. The molecule has 0 amide bonds. The molecule has 5 N–H and O–H groups in total. The van der Waals surface area contributed by atoms with Gasteiger partial charge in [0.25, 0.3) is 0 Å². The highest BCUT2D eigenvalue weighted by molar-refractivity contribution is 5.31. The summed E-state index contributed by atoms with van der Waals surface area (Å²) >= 11 is 0. The van der Waals surface area contributed by atoms with Crippen LogP contribution in [0.4, 0.5) is 5.82 Å². The van der Waals surface area contributed by atoms with Gasteiger partial charge in [-0.1, -0.05) is 6.42 Å². The third kappa shape index (κ3) is 1.18. The Morgan fingerprint density at radius 1 is 1.50 bits per heavy atom. The Hall–Kier alpha value is -1.03. The second-order valence-corrected chi connectivity index (χ2v) is 3.45. The van der Waals surface area contributed by atoms with Crippen LogP contribution in [0.5, 0.6) is 0 Å². The van der Waals surface area contributed by atoms with Crippen molar-refractivity contribution in [3.63, 3.8) is 0 Å². The normalized spacial score (nSPS) is 29.4. The predicted octanol–water partition coefficient (Wildman–Crippen LogP) is 0.587. The molecule has 12 heavy (non-hydrogen) atoms. The Bertz CT molecular complexity index is 268. The smallest absolute Gasteiger partial charge is 0.145 e. The van der Waals surface area contributed by atoms with Crippen LogP contribution in [0, 0.1) is 0 Å². The van der Waals surface area contributed by atoms with E-state index < -0.39 is 0 Å². The first-order valence-electron chi connectivity index (χ1n) is 4.34.